The summed E-state index contributed by atoms with van der Waals surface area (Å²) in [5.41, 5.74) is 5.75. The fraction of sp³-hybridized carbons (Fsp3) is 0.455. The van der Waals surface area contributed by atoms with Crippen LogP contribution in [0.2, 0.25) is 0 Å². The minimum absolute atomic E-state index is 0. The van der Waals surface area contributed by atoms with Gasteiger partial charge >= 0.3 is 0 Å². The molecule has 13 heavy (non-hydrogen) atoms. The molecule has 0 saturated heterocycles. The van der Waals surface area contributed by atoms with Crippen molar-refractivity contribution in [1.82, 2.24) is 0 Å². The Bertz CT molecular complexity index is 238. The fourth-order valence-corrected chi connectivity index (χ4v) is 1.19. The maximum Gasteiger partial charge on any atom is 0.115 e. The first-order valence-corrected chi connectivity index (χ1v) is 4.40. The smallest absolute Gasteiger partial charge is 0.115 e. The molecule has 0 spiro atoms. The first kappa shape index (κ1) is 12.5. The van der Waals surface area contributed by atoms with Gasteiger partial charge in [0.2, 0.25) is 0 Å². The van der Waals surface area contributed by atoms with Gasteiger partial charge < -0.3 is 18.1 Å². The molecule has 1 aromatic carbocycles. The normalized spacial score (nSPS) is 13.2. The number of benzene rings is 1. The highest BCUT2D eigenvalue weighted by molar-refractivity contribution is 5.18. The van der Waals surface area contributed by atoms with Gasteiger partial charge in [-0.25, -0.2) is 0 Å². The van der Waals surface area contributed by atoms with Crippen molar-refractivity contribution in [3.8, 4) is 0 Å². The largest absolute Gasteiger partial charge is 1.00 e. The van der Waals surface area contributed by atoms with Crippen LogP contribution in [-0.2, 0) is 0 Å². The zero-order chi connectivity index (χ0) is 9.19. The molecule has 2 heteroatoms. The molecule has 1 nitrogen and oxygen atoms in total. The van der Waals surface area contributed by atoms with Crippen molar-refractivity contribution in [3.63, 3.8) is 0 Å². The second kappa shape index (κ2) is 4.64. The second-order valence-electron chi connectivity index (χ2n) is 4.33. The molecule has 74 valence electrons. The molecule has 0 aliphatic carbocycles. The van der Waals surface area contributed by atoms with E-state index < -0.39 is 0 Å². The molecule has 3 N–H and O–H groups in total. The second-order valence-corrected chi connectivity index (χ2v) is 4.33. The summed E-state index contributed by atoms with van der Waals surface area (Å²) in [5.74, 6) is 0. The maximum atomic E-state index is 4.18. The molecule has 0 fully saturated rings. The van der Waals surface area contributed by atoms with E-state index in [4.69, 9.17) is 0 Å². The molecular formula is C11H18ClN. The average Bonchev–Trinajstić information content (AvgIpc) is 2.03. The Labute approximate surface area is 86.7 Å². The number of halogens is 1. The molecule has 1 rings (SSSR count). The molecule has 0 heterocycles. The molecule has 0 saturated carbocycles. The van der Waals surface area contributed by atoms with Crippen molar-refractivity contribution >= 4 is 0 Å². The summed E-state index contributed by atoms with van der Waals surface area (Å²) < 4.78 is 0. The number of hydrogen-bond donors (Lipinski definition) is 1. The average molecular weight is 200 g/mol. The van der Waals surface area contributed by atoms with Crippen molar-refractivity contribution < 1.29 is 18.1 Å². The van der Waals surface area contributed by atoms with E-state index in [1.54, 1.807) is 0 Å². The van der Waals surface area contributed by atoms with Crippen LogP contribution in [0, 0.1) is 5.41 Å². The maximum absolute atomic E-state index is 4.18. The zero-order valence-electron chi connectivity index (χ0n) is 8.55. The lowest BCUT2D eigenvalue weighted by atomic mass is 9.83. The van der Waals surface area contributed by atoms with E-state index in [0.717, 1.165) is 0 Å². The molecule has 1 aromatic rings. The van der Waals surface area contributed by atoms with Crippen LogP contribution in [0.5, 0.6) is 0 Å². The predicted octanol–water partition coefficient (Wildman–Crippen LogP) is -0.980. The summed E-state index contributed by atoms with van der Waals surface area (Å²) in [7, 11) is 0. The van der Waals surface area contributed by atoms with E-state index in [1.807, 2.05) is 6.07 Å². The molecule has 1 atom stereocenters. The summed E-state index contributed by atoms with van der Waals surface area (Å²) in [5, 5.41) is 0. The van der Waals surface area contributed by atoms with Gasteiger partial charge in [-0.05, 0) is 0 Å². The van der Waals surface area contributed by atoms with Crippen molar-refractivity contribution in [2.24, 2.45) is 5.41 Å². The van der Waals surface area contributed by atoms with Gasteiger partial charge in [0.1, 0.15) is 6.04 Å². The minimum atomic E-state index is 0. The van der Waals surface area contributed by atoms with Crippen LogP contribution in [0.3, 0.4) is 0 Å². The van der Waals surface area contributed by atoms with Gasteiger partial charge in [-0.2, -0.15) is 0 Å². The quantitative estimate of drug-likeness (QED) is 0.603. The minimum Gasteiger partial charge on any atom is -1.00 e. The van der Waals surface area contributed by atoms with Crippen molar-refractivity contribution in [3.05, 3.63) is 35.9 Å². The van der Waals surface area contributed by atoms with Crippen LogP contribution in [0.4, 0.5) is 0 Å². The van der Waals surface area contributed by atoms with E-state index in [1.165, 1.54) is 5.56 Å². The first-order valence-electron chi connectivity index (χ1n) is 4.40. The molecule has 0 aliphatic rings. The van der Waals surface area contributed by atoms with Crippen LogP contribution < -0.4 is 18.1 Å². The number of hydrogen-bond acceptors (Lipinski definition) is 0. The Balaban J connectivity index is 0.00000144. The van der Waals surface area contributed by atoms with E-state index in [-0.39, 0.29) is 17.8 Å². The highest BCUT2D eigenvalue weighted by Crippen LogP contribution is 2.28. The lowest BCUT2D eigenvalue weighted by molar-refractivity contribution is -0.450. The van der Waals surface area contributed by atoms with Gasteiger partial charge in [-0.1, -0.05) is 51.1 Å². The molecule has 0 aliphatic heterocycles. The third-order valence-corrected chi connectivity index (χ3v) is 2.25. The lowest BCUT2D eigenvalue weighted by Crippen LogP contribution is -3.00. The van der Waals surface area contributed by atoms with Gasteiger partial charge in [-0.3, -0.25) is 0 Å². The standard InChI is InChI=1S/C11H17N.ClH/c1-11(2,3)10(12)9-7-5-4-6-8-9;/h4-8,10H,12H2,1-3H3;1H/t10-;/m1./s1. The van der Waals surface area contributed by atoms with Crippen molar-refractivity contribution in [2.45, 2.75) is 26.8 Å². The fourth-order valence-electron chi connectivity index (χ4n) is 1.19. The SMILES string of the molecule is CC(C)(C)[C@H]([NH3+])c1ccccc1.[Cl-]. The molecule has 0 unspecified atom stereocenters. The predicted molar refractivity (Wildman–Crippen MR) is 51.5 cm³/mol. The number of rotatable bonds is 1. The molecular weight excluding hydrogens is 182 g/mol. The van der Waals surface area contributed by atoms with E-state index in [0.29, 0.717) is 6.04 Å². The Morgan fingerprint density at radius 2 is 1.54 bits per heavy atom. The Morgan fingerprint density at radius 3 is 1.92 bits per heavy atom. The van der Waals surface area contributed by atoms with Crippen LogP contribution >= 0.6 is 0 Å². The van der Waals surface area contributed by atoms with Crippen LogP contribution in [0.1, 0.15) is 32.4 Å². The number of quaternary nitrogens is 1. The third kappa shape index (κ3) is 3.37. The Morgan fingerprint density at radius 1 is 1.08 bits per heavy atom. The molecule has 0 amide bonds. The molecule has 0 radical (unpaired) electrons. The van der Waals surface area contributed by atoms with Gasteiger partial charge in [-0.15, -0.1) is 0 Å². The molecule has 0 bridgehead atoms. The van der Waals surface area contributed by atoms with Crippen molar-refractivity contribution in [2.75, 3.05) is 0 Å². The van der Waals surface area contributed by atoms with Gasteiger partial charge in [0.05, 0.1) is 0 Å². The van der Waals surface area contributed by atoms with Gasteiger partial charge in [0, 0.05) is 11.0 Å². The van der Waals surface area contributed by atoms with Gasteiger partial charge in [0.15, 0.2) is 0 Å². The lowest BCUT2D eigenvalue weighted by Gasteiger charge is -2.23. The molecule has 0 aromatic heterocycles. The summed E-state index contributed by atoms with van der Waals surface area (Å²) in [6, 6.07) is 10.8. The van der Waals surface area contributed by atoms with Crippen LogP contribution in [-0.4, -0.2) is 0 Å². The van der Waals surface area contributed by atoms with Crippen molar-refractivity contribution in [1.29, 1.82) is 0 Å². The zero-order valence-corrected chi connectivity index (χ0v) is 9.31. The highest BCUT2D eigenvalue weighted by Gasteiger charge is 2.25. The first-order chi connectivity index (χ1) is 5.52. The Kier molecular flexibility index (Phi) is 4.45. The van der Waals surface area contributed by atoms with E-state index >= 15 is 0 Å². The van der Waals surface area contributed by atoms with Gasteiger partial charge in [0.25, 0.3) is 0 Å². The topological polar surface area (TPSA) is 27.6 Å². The summed E-state index contributed by atoms with van der Waals surface area (Å²) in [6.45, 7) is 6.66. The summed E-state index contributed by atoms with van der Waals surface area (Å²) in [4.78, 5) is 0. The summed E-state index contributed by atoms with van der Waals surface area (Å²) in [6.07, 6.45) is 0. The third-order valence-electron chi connectivity index (χ3n) is 2.25. The van der Waals surface area contributed by atoms with Crippen LogP contribution in [0.15, 0.2) is 30.3 Å². The van der Waals surface area contributed by atoms with Crippen LogP contribution in [0.25, 0.3) is 0 Å². The highest BCUT2D eigenvalue weighted by atomic mass is 35.5. The monoisotopic (exact) mass is 199 g/mol. The Hall–Kier alpha value is -0.530. The van der Waals surface area contributed by atoms with E-state index in [9.17, 15) is 0 Å². The van der Waals surface area contributed by atoms with E-state index in [2.05, 4.69) is 50.8 Å². The summed E-state index contributed by atoms with van der Waals surface area (Å²) >= 11 is 0.